The molecule has 1 fully saturated rings. The van der Waals surface area contributed by atoms with Crippen LogP contribution in [0.25, 0.3) is 0 Å². The first-order chi connectivity index (χ1) is 13.7. The van der Waals surface area contributed by atoms with Gasteiger partial charge in [-0.1, -0.05) is 48.0 Å². The SMILES string of the molecule is CN=C(NCCc1ccccc1F)NCC1CCCOC1c1ccc(C)cc1. The monoisotopic (exact) mass is 383 g/mol. The Hall–Kier alpha value is -2.40. The normalized spacial score (nSPS) is 20.0. The van der Waals surface area contributed by atoms with Gasteiger partial charge < -0.3 is 15.4 Å². The first kappa shape index (κ1) is 20.3. The Morgan fingerprint density at radius 2 is 1.93 bits per heavy atom. The van der Waals surface area contributed by atoms with Gasteiger partial charge in [0, 0.05) is 32.7 Å². The van der Waals surface area contributed by atoms with Crippen molar-refractivity contribution in [1.82, 2.24) is 10.6 Å². The lowest BCUT2D eigenvalue weighted by atomic mass is 9.89. The van der Waals surface area contributed by atoms with E-state index < -0.39 is 0 Å². The molecule has 0 amide bonds. The van der Waals surface area contributed by atoms with Gasteiger partial charge in [-0.3, -0.25) is 4.99 Å². The van der Waals surface area contributed by atoms with Gasteiger partial charge >= 0.3 is 0 Å². The van der Waals surface area contributed by atoms with Crippen LogP contribution in [0.15, 0.2) is 53.5 Å². The minimum Gasteiger partial charge on any atom is -0.373 e. The fourth-order valence-corrected chi connectivity index (χ4v) is 3.64. The van der Waals surface area contributed by atoms with Crippen LogP contribution in [0.1, 0.15) is 35.6 Å². The number of aliphatic imine (C=N–C) groups is 1. The molecular weight excluding hydrogens is 353 g/mol. The number of hydrogen-bond donors (Lipinski definition) is 2. The zero-order valence-electron chi connectivity index (χ0n) is 16.7. The van der Waals surface area contributed by atoms with Crippen LogP contribution in [-0.4, -0.2) is 32.7 Å². The van der Waals surface area contributed by atoms with E-state index in [-0.39, 0.29) is 11.9 Å². The summed E-state index contributed by atoms with van der Waals surface area (Å²) in [7, 11) is 1.76. The van der Waals surface area contributed by atoms with E-state index in [1.165, 1.54) is 17.2 Å². The average molecular weight is 384 g/mol. The third-order valence-corrected chi connectivity index (χ3v) is 5.25. The largest absolute Gasteiger partial charge is 0.373 e. The van der Waals surface area contributed by atoms with Crippen LogP contribution in [0.2, 0.25) is 0 Å². The fraction of sp³-hybridized carbons (Fsp3) is 0.435. The second-order valence-corrected chi connectivity index (χ2v) is 7.33. The topological polar surface area (TPSA) is 45.7 Å². The Kier molecular flexibility index (Phi) is 7.43. The molecule has 28 heavy (non-hydrogen) atoms. The highest BCUT2D eigenvalue weighted by Crippen LogP contribution is 2.33. The van der Waals surface area contributed by atoms with Crippen molar-refractivity contribution in [3.63, 3.8) is 0 Å². The summed E-state index contributed by atoms with van der Waals surface area (Å²) in [5, 5.41) is 6.69. The maximum absolute atomic E-state index is 13.7. The van der Waals surface area contributed by atoms with E-state index in [0.717, 1.165) is 32.0 Å². The number of hydrogen-bond acceptors (Lipinski definition) is 2. The molecule has 5 heteroatoms. The third kappa shape index (κ3) is 5.55. The van der Waals surface area contributed by atoms with Crippen molar-refractivity contribution in [1.29, 1.82) is 0 Å². The van der Waals surface area contributed by atoms with Crippen molar-refractivity contribution < 1.29 is 9.13 Å². The first-order valence-electron chi connectivity index (χ1n) is 10.0. The molecule has 1 aliphatic rings. The highest BCUT2D eigenvalue weighted by atomic mass is 19.1. The fourth-order valence-electron chi connectivity index (χ4n) is 3.64. The Morgan fingerprint density at radius 3 is 2.68 bits per heavy atom. The van der Waals surface area contributed by atoms with Crippen LogP contribution < -0.4 is 10.6 Å². The lowest BCUT2D eigenvalue weighted by Crippen LogP contribution is -2.42. The molecule has 1 saturated heterocycles. The van der Waals surface area contributed by atoms with E-state index in [1.54, 1.807) is 13.1 Å². The molecule has 1 aliphatic heterocycles. The Balaban J connectivity index is 1.51. The molecular formula is C23H30FN3O. The second-order valence-electron chi connectivity index (χ2n) is 7.33. The molecule has 2 atom stereocenters. The number of nitrogens with zero attached hydrogens (tertiary/aromatic N) is 1. The lowest BCUT2D eigenvalue weighted by Gasteiger charge is -2.32. The molecule has 0 spiro atoms. The maximum atomic E-state index is 13.7. The van der Waals surface area contributed by atoms with Crippen molar-refractivity contribution in [2.24, 2.45) is 10.9 Å². The first-order valence-corrected chi connectivity index (χ1v) is 10.0. The number of aryl methyl sites for hydroxylation is 1. The van der Waals surface area contributed by atoms with Gasteiger partial charge in [0.2, 0.25) is 0 Å². The van der Waals surface area contributed by atoms with Crippen LogP contribution in [0.5, 0.6) is 0 Å². The summed E-state index contributed by atoms with van der Waals surface area (Å²) >= 11 is 0. The van der Waals surface area contributed by atoms with Crippen molar-refractivity contribution in [3.05, 3.63) is 71.0 Å². The number of benzene rings is 2. The summed E-state index contributed by atoms with van der Waals surface area (Å²) < 4.78 is 19.8. The summed E-state index contributed by atoms with van der Waals surface area (Å²) in [6.07, 6.45) is 2.93. The Labute approximate surface area is 167 Å². The molecule has 2 N–H and O–H groups in total. The minimum atomic E-state index is -0.160. The van der Waals surface area contributed by atoms with Crippen LogP contribution in [0.3, 0.4) is 0 Å². The van der Waals surface area contributed by atoms with Gasteiger partial charge in [0.05, 0.1) is 6.10 Å². The number of rotatable bonds is 6. The Morgan fingerprint density at radius 1 is 1.14 bits per heavy atom. The molecule has 1 heterocycles. The zero-order chi connectivity index (χ0) is 19.8. The average Bonchev–Trinajstić information content (AvgIpc) is 2.73. The number of guanidine groups is 1. The van der Waals surface area contributed by atoms with Crippen molar-refractivity contribution in [3.8, 4) is 0 Å². The van der Waals surface area contributed by atoms with E-state index in [9.17, 15) is 4.39 Å². The maximum Gasteiger partial charge on any atom is 0.190 e. The predicted molar refractivity (Wildman–Crippen MR) is 112 cm³/mol. The van der Waals surface area contributed by atoms with E-state index in [1.807, 2.05) is 12.1 Å². The minimum absolute atomic E-state index is 0.110. The molecule has 0 saturated carbocycles. The Bertz CT molecular complexity index is 776. The van der Waals surface area contributed by atoms with Crippen LogP contribution >= 0.6 is 0 Å². The van der Waals surface area contributed by atoms with Crippen LogP contribution in [-0.2, 0) is 11.2 Å². The summed E-state index contributed by atoms with van der Waals surface area (Å²) in [5.41, 5.74) is 3.21. The summed E-state index contributed by atoms with van der Waals surface area (Å²) in [4.78, 5) is 4.30. The number of halogens is 1. The molecule has 0 aromatic heterocycles. The molecule has 0 radical (unpaired) electrons. The van der Waals surface area contributed by atoms with Crippen molar-refractivity contribution in [2.75, 3.05) is 26.7 Å². The van der Waals surface area contributed by atoms with E-state index in [2.05, 4.69) is 46.8 Å². The zero-order valence-corrected chi connectivity index (χ0v) is 16.7. The van der Waals surface area contributed by atoms with Crippen molar-refractivity contribution >= 4 is 5.96 Å². The standard InChI is InChI=1S/C23H30FN3O/c1-17-9-11-19(12-10-17)22-20(7-5-15-28-22)16-27-23(25-2)26-14-13-18-6-3-4-8-21(18)24/h3-4,6,8-12,20,22H,5,7,13-16H2,1-2H3,(H2,25,26,27). The lowest BCUT2D eigenvalue weighted by molar-refractivity contribution is -0.0265. The quantitative estimate of drug-likeness (QED) is 0.585. The molecule has 2 aromatic rings. The van der Waals surface area contributed by atoms with E-state index in [0.29, 0.717) is 24.4 Å². The molecule has 0 aliphatic carbocycles. The number of ether oxygens (including phenoxy) is 1. The second kappa shape index (κ2) is 10.2. The van der Waals surface area contributed by atoms with Gasteiger partial charge in [0.15, 0.2) is 5.96 Å². The molecule has 4 nitrogen and oxygen atoms in total. The van der Waals surface area contributed by atoms with Crippen molar-refractivity contribution in [2.45, 2.75) is 32.3 Å². The van der Waals surface area contributed by atoms with Gasteiger partial charge in [-0.05, 0) is 43.4 Å². The van der Waals surface area contributed by atoms with Gasteiger partial charge in [-0.25, -0.2) is 4.39 Å². The summed E-state index contributed by atoms with van der Waals surface area (Å²) in [6.45, 7) is 4.33. The summed E-state index contributed by atoms with van der Waals surface area (Å²) in [5.74, 6) is 0.971. The molecule has 150 valence electrons. The third-order valence-electron chi connectivity index (χ3n) is 5.25. The van der Waals surface area contributed by atoms with Crippen LogP contribution in [0.4, 0.5) is 4.39 Å². The van der Waals surface area contributed by atoms with Gasteiger partial charge in [0.25, 0.3) is 0 Å². The predicted octanol–water partition coefficient (Wildman–Crippen LogP) is 4.01. The van der Waals surface area contributed by atoms with Gasteiger partial charge in [-0.15, -0.1) is 0 Å². The molecule has 0 bridgehead atoms. The molecule has 2 aromatic carbocycles. The van der Waals surface area contributed by atoms with E-state index in [4.69, 9.17) is 4.74 Å². The number of nitrogens with one attached hydrogen (secondary N) is 2. The van der Waals surface area contributed by atoms with Gasteiger partial charge in [0.1, 0.15) is 5.82 Å². The molecule has 3 rings (SSSR count). The van der Waals surface area contributed by atoms with Gasteiger partial charge in [-0.2, -0.15) is 0 Å². The van der Waals surface area contributed by atoms with Crippen LogP contribution in [0, 0.1) is 18.7 Å². The highest BCUT2D eigenvalue weighted by Gasteiger charge is 2.27. The molecule has 2 unspecified atom stereocenters. The summed E-state index contributed by atoms with van der Waals surface area (Å²) in [6, 6.07) is 15.5. The highest BCUT2D eigenvalue weighted by molar-refractivity contribution is 5.79. The van der Waals surface area contributed by atoms with E-state index >= 15 is 0 Å². The smallest absolute Gasteiger partial charge is 0.190 e.